The van der Waals surface area contributed by atoms with Crippen molar-refractivity contribution in [1.29, 1.82) is 0 Å². The fraction of sp³-hybridized carbons (Fsp3) is 0.333. The van der Waals surface area contributed by atoms with E-state index in [9.17, 15) is 0 Å². The molecule has 0 saturated carbocycles. The van der Waals surface area contributed by atoms with Gasteiger partial charge in [0.1, 0.15) is 5.82 Å². The molecular weight excluding hydrogens is 150 g/mol. The van der Waals surface area contributed by atoms with Gasteiger partial charge in [0.25, 0.3) is 0 Å². The van der Waals surface area contributed by atoms with E-state index < -0.39 is 0 Å². The van der Waals surface area contributed by atoms with E-state index in [1.807, 2.05) is 31.1 Å². The topological polar surface area (TPSA) is 20.5 Å². The van der Waals surface area contributed by atoms with Crippen molar-refractivity contribution in [2.45, 2.75) is 6.54 Å². The van der Waals surface area contributed by atoms with Crippen molar-refractivity contribution < 1.29 is 0 Å². The SMILES string of the molecule is [C-]#[N+]Cc1ccc(N(C)C)nc1. The average molecular weight is 161 g/mol. The van der Waals surface area contributed by atoms with Crippen LogP contribution in [0.3, 0.4) is 0 Å². The van der Waals surface area contributed by atoms with Crippen LogP contribution >= 0.6 is 0 Å². The zero-order valence-corrected chi connectivity index (χ0v) is 7.28. The zero-order valence-electron chi connectivity index (χ0n) is 7.28. The molecule has 12 heavy (non-hydrogen) atoms. The van der Waals surface area contributed by atoms with E-state index in [1.54, 1.807) is 6.20 Å². The van der Waals surface area contributed by atoms with Crippen LogP contribution in [-0.2, 0) is 6.54 Å². The van der Waals surface area contributed by atoms with Crippen LogP contribution in [-0.4, -0.2) is 19.1 Å². The van der Waals surface area contributed by atoms with Gasteiger partial charge >= 0.3 is 0 Å². The summed E-state index contributed by atoms with van der Waals surface area (Å²) in [5.41, 5.74) is 0.968. The van der Waals surface area contributed by atoms with Gasteiger partial charge < -0.3 is 9.74 Å². The smallest absolute Gasteiger partial charge is 0.241 e. The summed E-state index contributed by atoms with van der Waals surface area (Å²) in [5, 5.41) is 0. The van der Waals surface area contributed by atoms with Gasteiger partial charge in [0.05, 0.1) is 0 Å². The molecule has 0 aliphatic rings. The monoisotopic (exact) mass is 161 g/mol. The van der Waals surface area contributed by atoms with Gasteiger partial charge in [-0.25, -0.2) is 11.6 Å². The predicted molar refractivity (Wildman–Crippen MR) is 48.9 cm³/mol. The maximum Gasteiger partial charge on any atom is 0.241 e. The highest BCUT2D eigenvalue weighted by Gasteiger charge is 1.97. The van der Waals surface area contributed by atoms with Crippen LogP contribution in [0.4, 0.5) is 5.82 Å². The van der Waals surface area contributed by atoms with Crippen LogP contribution < -0.4 is 4.90 Å². The molecule has 1 aromatic heterocycles. The lowest BCUT2D eigenvalue weighted by Gasteiger charge is -2.09. The molecule has 1 heterocycles. The van der Waals surface area contributed by atoms with Crippen molar-refractivity contribution in [1.82, 2.24) is 4.98 Å². The maximum atomic E-state index is 6.67. The van der Waals surface area contributed by atoms with Gasteiger partial charge in [0, 0.05) is 25.9 Å². The van der Waals surface area contributed by atoms with E-state index in [-0.39, 0.29) is 0 Å². The van der Waals surface area contributed by atoms with E-state index in [2.05, 4.69) is 9.83 Å². The molecule has 1 aromatic rings. The van der Waals surface area contributed by atoms with Crippen molar-refractivity contribution in [3.05, 3.63) is 35.3 Å². The zero-order chi connectivity index (χ0) is 8.97. The number of aromatic nitrogens is 1. The van der Waals surface area contributed by atoms with Crippen LogP contribution in [0.5, 0.6) is 0 Å². The van der Waals surface area contributed by atoms with Crippen molar-refractivity contribution in [2.24, 2.45) is 0 Å². The quantitative estimate of drug-likeness (QED) is 0.614. The molecule has 0 N–H and O–H groups in total. The molecule has 1 rings (SSSR count). The lowest BCUT2D eigenvalue weighted by molar-refractivity contribution is 1.05. The Morgan fingerprint density at radius 2 is 2.25 bits per heavy atom. The van der Waals surface area contributed by atoms with Gasteiger partial charge in [-0.1, -0.05) is 0 Å². The van der Waals surface area contributed by atoms with Crippen molar-refractivity contribution in [2.75, 3.05) is 19.0 Å². The second-order valence-electron chi connectivity index (χ2n) is 2.74. The predicted octanol–water partition coefficient (Wildman–Crippen LogP) is 1.57. The molecule has 0 radical (unpaired) electrons. The molecule has 3 nitrogen and oxygen atoms in total. The third kappa shape index (κ3) is 1.96. The lowest BCUT2D eigenvalue weighted by atomic mass is 10.3. The molecule has 0 aliphatic carbocycles. The number of hydrogen-bond donors (Lipinski definition) is 0. The number of anilines is 1. The summed E-state index contributed by atoms with van der Waals surface area (Å²) in [6, 6.07) is 3.85. The van der Waals surface area contributed by atoms with E-state index >= 15 is 0 Å². The van der Waals surface area contributed by atoms with Gasteiger partial charge in [0.2, 0.25) is 6.54 Å². The molecule has 0 amide bonds. The first-order chi connectivity index (χ1) is 5.74. The Balaban J connectivity index is 2.80. The van der Waals surface area contributed by atoms with Crippen LogP contribution in [0, 0.1) is 6.57 Å². The third-order valence-electron chi connectivity index (χ3n) is 1.53. The molecule has 0 saturated heterocycles. The minimum Gasteiger partial charge on any atom is -0.363 e. The summed E-state index contributed by atoms with van der Waals surface area (Å²) < 4.78 is 0. The van der Waals surface area contributed by atoms with Gasteiger partial charge in [0.15, 0.2) is 0 Å². The minimum atomic E-state index is 0.417. The molecule has 0 bridgehead atoms. The molecule has 0 atom stereocenters. The summed E-state index contributed by atoms with van der Waals surface area (Å²) >= 11 is 0. The van der Waals surface area contributed by atoms with E-state index in [1.165, 1.54) is 0 Å². The third-order valence-corrected chi connectivity index (χ3v) is 1.53. The average Bonchev–Trinajstić information content (AvgIpc) is 2.06. The fourth-order valence-corrected chi connectivity index (χ4v) is 0.866. The highest BCUT2D eigenvalue weighted by atomic mass is 15.1. The Morgan fingerprint density at radius 3 is 2.67 bits per heavy atom. The van der Waals surface area contributed by atoms with E-state index in [0.717, 1.165) is 11.4 Å². The Bertz CT molecular complexity index is 282. The van der Waals surface area contributed by atoms with Gasteiger partial charge in [-0.2, -0.15) is 0 Å². The maximum absolute atomic E-state index is 6.67. The standard InChI is InChI=1S/C9H11N3/c1-10-6-8-4-5-9(11-7-8)12(2)3/h4-5,7H,6H2,2-3H3. The summed E-state index contributed by atoms with van der Waals surface area (Å²) in [4.78, 5) is 9.39. The molecule has 0 spiro atoms. The number of hydrogen-bond acceptors (Lipinski definition) is 2. The van der Waals surface area contributed by atoms with Crippen LogP contribution in [0.2, 0.25) is 0 Å². The first-order valence-corrected chi connectivity index (χ1v) is 3.69. The Morgan fingerprint density at radius 1 is 1.50 bits per heavy atom. The first kappa shape index (κ1) is 8.54. The number of rotatable bonds is 2. The van der Waals surface area contributed by atoms with Gasteiger partial charge in [-0.05, 0) is 12.1 Å². The molecule has 0 fully saturated rings. The molecular formula is C9H11N3. The van der Waals surface area contributed by atoms with Crippen LogP contribution in [0.25, 0.3) is 4.85 Å². The summed E-state index contributed by atoms with van der Waals surface area (Å²) in [6.07, 6.45) is 1.74. The van der Waals surface area contributed by atoms with Crippen molar-refractivity contribution in [3.8, 4) is 0 Å². The second kappa shape index (κ2) is 3.72. The molecule has 3 heteroatoms. The largest absolute Gasteiger partial charge is 0.363 e. The molecule has 62 valence electrons. The second-order valence-corrected chi connectivity index (χ2v) is 2.74. The Hall–Kier alpha value is -1.56. The number of pyridine rings is 1. The van der Waals surface area contributed by atoms with Gasteiger partial charge in [-0.3, -0.25) is 0 Å². The highest BCUT2D eigenvalue weighted by Crippen LogP contribution is 2.08. The van der Waals surface area contributed by atoms with Crippen LogP contribution in [0.15, 0.2) is 18.3 Å². The lowest BCUT2D eigenvalue weighted by Crippen LogP contribution is -2.10. The first-order valence-electron chi connectivity index (χ1n) is 3.69. The summed E-state index contributed by atoms with van der Waals surface area (Å²) in [6.45, 7) is 7.08. The summed E-state index contributed by atoms with van der Waals surface area (Å²) in [5.74, 6) is 0.920. The molecule has 0 aromatic carbocycles. The fourth-order valence-electron chi connectivity index (χ4n) is 0.866. The van der Waals surface area contributed by atoms with E-state index in [0.29, 0.717) is 6.54 Å². The van der Waals surface area contributed by atoms with E-state index in [4.69, 9.17) is 6.57 Å². The Labute approximate surface area is 72.5 Å². The number of nitrogens with zero attached hydrogens (tertiary/aromatic N) is 3. The Kier molecular flexibility index (Phi) is 2.65. The molecule has 0 unspecified atom stereocenters. The molecule has 0 aliphatic heterocycles. The minimum absolute atomic E-state index is 0.417. The van der Waals surface area contributed by atoms with Crippen LogP contribution in [0.1, 0.15) is 5.56 Å². The highest BCUT2D eigenvalue weighted by molar-refractivity contribution is 5.37. The van der Waals surface area contributed by atoms with Crippen molar-refractivity contribution in [3.63, 3.8) is 0 Å². The van der Waals surface area contributed by atoms with Crippen molar-refractivity contribution >= 4 is 5.82 Å². The summed E-state index contributed by atoms with van der Waals surface area (Å²) in [7, 11) is 3.88. The normalized spacial score (nSPS) is 9.08. The van der Waals surface area contributed by atoms with Gasteiger partial charge in [-0.15, -0.1) is 0 Å².